The first-order chi connectivity index (χ1) is 8.52. The topological polar surface area (TPSA) is 93.5 Å². The average molecular weight is 251 g/mol. The maximum atomic E-state index is 11.4. The maximum Gasteiger partial charge on any atom is 0.408 e. The number of nitrogen functional groups attached to an aromatic ring is 1. The van der Waals surface area contributed by atoms with Crippen molar-refractivity contribution in [3.8, 4) is 0 Å². The fourth-order valence-electron chi connectivity index (χ4n) is 1.26. The van der Waals surface area contributed by atoms with Crippen LogP contribution in [0.3, 0.4) is 0 Å². The fourth-order valence-corrected chi connectivity index (χ4v) is 1.26. The maximum absolute atomic E-state index is 11.4. The third kappa shape index (κ3) is 4.32. The van der Waals surface area contributed by atoms with Crippen LogP contribution in [0.25, 0.3) is 0 Å². The SMILES string of the molecule is CNC(=O)C(C)NC(=O)OCc1ccc(N)cc1. The molecule has 0 aromatic heterocycles. The second-order valence-corrected chi connectivity index (χ2v) is 3.80. The highest BCUT2D eigenvalue weighted by molar-refractivity contribution is 5.84. The number of hydrogen-bond acceptors (Lipinski definition) is 4. The van der Waals surface area contributed by atoms with Crippen molar-refractivity contribution in [1.82, 2.24) is 10.6 Å². The largest absolute Gasteiger partial charge is 0.445 e. The molecule has 0 saturated carbocycles. The average Bonchev–Trinajstić information content (AvgIpc) is 2.37. The molecule has 0 aliphatic heterocycles. The minimum absolute atomic E-state index is 0.132. The number of anilines is 1. The molecule has 4 N–H and O–H groups in total. The van der Waals surface area contributed by atoms with Gasteiger partial charge in [0.25, 0.3) is 0 Å². The van der Waals surface area contributed by atoms with Gasteiger partial charge in [-0.2, -0.15) is 0 Å². The van der Waals surface area contributed by atoms with Gasteiger partial charge >= 0.3 is 6.09 Å². The molecule has 1 aromatic rings. The van der Waals surface area contributed by atoms with Crippen LogP contribution in [0.15, 0.2) is 24.3 Å². The molecule has 0 aliphatic carbocycles. The fraction of sp³-hybridized carbons (Fsp3) is 0.333. The van der Waals surface area contributed by atoms with E-state index in [9.17, 15) is 9.59 Å². The second-order valence-electron chi connectivity index (χ2n) is 3.80. The van der Waals surface area contributed by atoms with Gasteiger partial charge in [-0.05, 0) is 24.6 Å². The highest BCUT2D eigenvalue weighted by Crippen LogP contribution is 2.06. The highest BCUT2D eigenvalue weighted by Gasteiger charge is 2.14. The molecule has 2 amide bonds. The van der Waals surface area contributed by atoms with Crippen LogP contribution in [0.1, 0.15) is 12.5 Å². The molecule has 6 nitrogen and oxygen atoms in total. The van der Waals surface area contributed by atoms with E-state index in [1.165, 1.54) is 7.05 Å². The van der Waals surface area contributed by atoms with Crippen LogP contribution in [-0.2, 0) is 16.1 Å². The van der Waals surface area contributed by atoms with Gasteiger partial charge in [-0.3, -0.25) is 4.79 Å². The monoisotopic (exact) mass is 251 g/mol. The first-order valence-electron chi connectivity index (χ1n) is 5.52. The van der Waals surface area contributed by atoms with Crippen LogP contribution in [0.2, 0.25) is 0 Å². The Labute approximate surface area is 105 Å². The lowest BCUT2D eigenvalue weighted by Gasteiger charge is -2.12. The summed E-state index contributed by atoms with van der Waals surface area (Å²) in [6.07, 6.45) is -0.636. The molecule has 1 atom stereocenters. The van der Waals surface area contributed by atoms with Gasteiger partial charge in [-0.1, -0.05) is 12.1 Å². The molecule has 6 heteroatoms. The molecular formula is C12H17N3O3. The Morgan fingerprint density at radius 3 is 2.50 bits per heavy atom. The van der Waals surface area contributed by atoms with Gasteiger partial charge in [-0.25, -0.2) is 4.79 Å². The Kier molecular flexibility index (Phi) is 4.98. The summed E-state index contributed by atoms with van der Waals surface area (Å²) in [5, 5.41) is 4.84. The molecular weight excluding hydrogens is 234 g/mol. The number of benzene rings is 1. The number of ether oxygens (including phenoxy) is 1. The lowest BCUT2D eigenvalue weighted by atomic mass is 10.2. The van der Waals surface area contributed by atoms with E-state index in [-0.39, 0.29) is 12.5 Å². The van der Waals surface area contributed by atoms with Crippen molar-refractivity contribution in [3.63, 3.8) is 0 Å². The number of nitrogens with one attached hydrogen (secondary N) is 2. The molecule has 0 heterocycles. The molecule has 1 aromatic carbocycles. The lowest BCUT2D eigenvalue weighted by Crippen LogP contribution is -2.43. The third-order valence-corrected chi connectivity index (χ3v) is 2.32. The molecule has 1 unspecified atom stereocenters. The number of carbonyl (C=O) groups excluding carboxylic acids is 2. The Bertz CT molecular complexity index is 417. The van der Waals surface area contributed by atoms with Crippen molar-refractivity contribution in [2.75, 3.05) is 12.8 Å². The van der Waals surface area contributed by atoms with E-state index < -0.39 is 12.1 Å². The lowest BCUT2D eigenvalue weighted by molar-refractivity contribution is -0.122. The number of carbonyl (C=O) groups is 2. The van der Waals surface area contributed by atoms with E-state index in [2.05, 4.69) is 10.6 Å². The number of alkyl carbamates (subject to hydrolysis) is 1. The Balaban J connectivity index is 2.37. The van der Waals surface area contributed by atoms with E-state index in [1.54, 1.807) is 31.2 Å². The van der Waals surface area contributed by atoms with Crippen LogP contribution in [0, 0.1) is 0 Å². The van der Waals surface area contributed by atoms with Gasteiger partial charge in [0, 0.05) is 12.7 Å². The predicted octanol–water partition coefficient (Wildman–Crippen LogP) is 0.629. The molecule has 18 heavy (non-hydrogen) atoms. The van der Waals surface area contributed by atoms with E-state index in [4.69, 9.17) is 10.5 Å². The van der Waals surface area contributed by atoms with E-state index in [0.29, 0.717) is 5.69 Å². The Hall–Kier alpha value is -2.24. The highest BCUT2D eigenvalue weighted by atomic mass is 16.5. The van der Waals surface area contributed by atoms with Crippen molar-refractivity contribution < 1.29 is 14.3 Å². The van der Waals surface area contributed by atoms with Crippen LogP contribution >= 0.6 is 0 Å². The zero-order valence-corrected chi connectivity index (χ0v) is 10.4. The normalized spacial score (nSPS) is 11.4. The van der Waals surface area contributed by atoms with Crippen LogP contribution in [0.5, 0.6) is 0 Å². The zero-order chi connectivity index (χ0) is 13.5. The number of nitrogens with two attached hydrogens (primary N) is 1. The van der Waals surface area contributed by atoms with Gasteiger partial charge in [0.1, 0.15) is 12.6 Å². The van der Waals surface area contributed by atoms with Gasteiger partial charge in [-0.15, -0.1) is 0 Å². The number of hydrogen-bond donors (Lipinski definition) is 3. The predicted molar refractivity (Wildman–Crippen MR) is 67.7 cm³/mol. The summed E-state index contributed by atoms with van der Waals surface area (Å²) >= 11 is 0. The molecule has 0 radical (unpaired) electrons. The smallest absolute Gasteiger partial charge is 0.408 e. The summed E-state index contributed by atoms with van der Waals surface area (Å²) in [4.78, 5) is 22.5. The molecule has 98 valence electrons. The first kappa shape index (κ1) is 13.8. The minimum atomic E-state index is -0.636. The number of rotatable bonds is 4. The van der Waals surface area contributed by atoms with Gasteiger partial charge in [0.15, 0.2) is 0 Å². The molecule has 0 bridgehead atoms. The summed E-state index contributed by atoms with van der Waals surface area (Å²) in [5.74, 6) is -0.278. The zero-order valence-electron chi connectivity index (χ0n) is 10.4. The molecule has 0 spiro atoms. The number of likely N-dealkylation sites (N-methyl/N-ethyl adjacent to an activating group) is 1. The third-order valence-electron chi connectivity index (χ3n) is 2.32. The van der Waals surface area contributed by atoms with Gasteiger partial charge in [0.05, 0.1) is 0 Å². The van der Waals surface area contributed by atoms with Crippen molar-refractivity contribution in [2.24, 2.45) is 0 Å². The summed E-state index contributed by atoms with van der Waals surface area (Å²) in [6.45, 7) is 1.70. The van der Waals surface area contributed by atoms with Crippen molar-refractivity contribution in [3.05, 3.63) is 29.8 Å². The van der Waals surface area contributed by atoms with Crippen molar-refractivity contribution in [2.45, 2.75) is 19.6 Å². The molecule has 1 rings (SSSR count). The summed E-state index contributed by atoms with van der Waals surface area (Å²) in [6, 6.07) is 6.36. The quantitative estimate of drug-likeness (QED) is 0.684. The van der Waals surface area contributed by atoms with Gasteiger partial charge in [0.2, 0.25) is 5.91 Å². The van der Waals surface area contributed by atoms with Crippen LogP contribution in [-0.4, -0.2) is 25.1 Å². The minimum Gasteiger partial charge on any atom is -0.445 e. The molecule has 0 saturated heterocycles. The van der Waals surface area contributed by atoms with Crippen molar-refractivity contribution >= 4 is 17.7 Å². The summed E-state index contributed by atoms with van der Waals surface area (Å²) < 4.78 is 4.96. The Morgan fingerprint density at radius 2 is 1.94 bits per heavy atom. The van der Waals surface area contributed by atoms with E-state index >= 15 is 0 Å². The number of amides is 2. The standard InChI is InChI=1S/C12H17N3O3/c1-8(11(16)14-2)15-12(17)18-7-9-3-5-10(13)6-4-9/h3-6,8H,7,13H2,1-2H3,(H,14,16)(H,15,17). The van der Waals surface area contributed by atoms with E-state index in [0.717, 1.165) is 5.56 Å². The van der Waals surface area contributed by atoms with Gasteiger partial charge < -0.3 is 21.1 Å². The molecule has 0 fully saturated rings. The van der Waals surface area contributed by atoms with E-state index in [1.807, 2.05) is 0 Å². The Morgan fingerprint density at radius 1 is 1.33 bits per heavy atom. The first-order valence-corrected chi connectivity index (χ1v) is 5.52. The summed E-state index contributed by atoms with van der Waals surface area (Å²) in [7, 11) is 1.50. The van der Waals surface area contributed by atoms with Crippen LogP contribution < -0.4 is 16.4 Å². The summed E-state index contributed by atoms with van der Waals surface area (Å²) in [5.41, 5.74) is 7.01. The second kappa shape index (κ2) is 6.48. The molecule has 0 aliphatic rings. The van der Waals surface area contributed by atoms with Crippen LogP contribution in [0.4, 0.5) is 10.5 Å². The van der Waals surface area contributed by atoms with Crippen molar-refractivity contribution in [1.29, 1.82) is 0 Å².